The zero-order chi connectivity index (χ0) is 14.8. The van der Waals surface area contributed by atoms with E-state index in [1.807, 2.05) is 47.4 Å². The van der Waals surface area contributed by atoms with E-state index in [1.54, 1.807) is 27.2 Å². The zero-order valence-corrected chi connectivity index (χ0v) is 11.9. The van der Waals surface area contributed by atoms with E-state index in [9.17, 15) is 9.90 Å². The van der Waals surface area contributed by atoms with Crippen molar-refractivity contribution in [3.05, 3.63) is 60.1 Å². The second kappa shape index (κ2) is 5.51. The van der Waals surface area contributed by atoms with Crippen LogP contribution in [0.25, 0.3) is 0 Å². The molecule has 0 amide bonds. The van der Waals surface area contributed by atoms with Gasteiger partial charge in [-0.2, -0.15) is 0 Å². The van der Waals surface area contributed by atoms with Crippen LogP contribution in [0.2, 0.25) is 0 Å². The summed E-state index contributed by atoms with van der Waals surface area (Å²) < 4.78 is 5.51. The summed E-state index contributed by atoms with van der Waals surface area (Å²) in [5.74, 6) is -0.138. The highest BCUT2D eigenvalue weighted by atomic mass is 16.4. The van der Waals surface area contributed by atoms with E-state index < -0.39 is 11.5 Å². The number of rotatable bonds is 5. The van der Waals surface area contributed by atoms with E-state index in [0.717, 1.165) is 11.3 Å². The van der Waals surface area contributed by atoms with E-state index in [2.05, 4.69) is 0 Å². The molecule has 0 aliphatic heterocycles. The van der Waals surface area contributed by atoms with Crippen LogP contribution in [0.3, 0.4) is 0 Å². The Labute approximate surface area is 118 Å². The number of likely N-dealkylation sites (N-methyl/N-ethyl adjacent to an activating group) is 1. The molecule has 0 radical (unpaired) electrons. The van der Waals surface area contributed by atoms with Crippen molar-refractivity contribution in [2.24, 2.45) is 0 Å². The molecule has 0 bridgehead atoms. The molecule has 106 valence electrons. The Bertz CT molecular complexity index is 561. The monoisotopic (exact) mass is 273 g/mol. The molecule has 0 saturated carbocycles. The third kappa shape index (κ3) is 2.60. The quantitative estimate of drug-likeness (QED) is 0.909. The first kappa shape index (κ1) is 14.3. The van der Waals surface area contributed by atoms with Crippen LogP contribution < -0.4 is 0 Å². The van der Waals surface area contributed by atoms with Crippen molar-refractivity contribution in [2.75, 3.05) is 7.05 Å². The Hall–Kier alpha value is -2.07. The first-order valence-corrected chi connectivity index (χ1v) is 6.49. The van der Waals surface area contributed by atoms with Gasteiger partial charge >= 0.3 is 5.97 Å². The standard InChI is InChI=1S/C16H19NO3/c1-16(2,15(18)19)17(3)14(13-10-7-11-20-13)12-8-5-4-6-9-12/h4-11,14H,1-3H3,(H,18,19). The van der Waals surface area contributed by atoms with Crippen LogP contribution in [0.4, 0.5) is 0 Å². The van der Waals surface area contributed by atoms with Crippen LogP contribution in [0, 0.1) is 0 Å². The first-order valence-electron chi connectivity index (χ1n) is 6.49. The Balaban J connectivity index is 2.46. The summed E-state index contributed by atoms with van der Waals surface area (Å²) in [7, 11) is 1.80. The van der Waals surface area contributed by atoms with Gasteiger partial charge in [0.1, 0.15) is 11.3 Å². The van der Waals surface area contributed by atoms with Gasteiger partial charge in [-0.1, -0.05) is 30.3 Å². The Morgan fingerprint density at radius 1 is 1.20 bits per heavy atom. The number of carboxylic acid groups (broad SMARTS) is 1. The molecular weight excluding hydrogens is 254 g/mol. The Kier molecular flexibility index (Phi) is 3.95. The highest BCUT2D eigenvalue weighted by Gasteiger charge is 2.38. The van der Waals surface area contributed by atoms with Gasteiger partial charge in [-0.3, -0.25) is 9.69 Å². The number of carbonyl (C=O) groups is 1. The van der Waals surface area contributed by atoms with Crippen LogP contribution >= 0.6 is 0 Å². The maximum Gasteiger partial charge on any atom is 0.323 e. The van der Waals surface area contributed by atoms with Crippen LogP contribution in [0.5, 0.6) is 0 Å². The van der Waals surface area contributed by atoms with Gasteiger partial charge in [-0.15, -0.1) is 0 Å². The number of hydrogen-bond donors (Lipinski definition) is 1. The fourth-order valence-corrected chi connectivity index (χ4v) is 2.13. The van der Waals surface area contributed by atoms with Crippen LogP contribution in [0.1, 0.15) is 31.2 Å². The second-order valence-electron chi connectivity index (χ2n) is 5.30. The van der Waals surface area contributed by atoms with Gasteiger partial charge in [-0.05, 0) is 38.6 Å². The largest absolute Gasteiger partial charge is 0.480 e. The maximum atomic E-state index is 11.5. The topological polar surface area (TPSA) is 53.7 Å². The minimum atomic E-state index is -1.01. The van der Waals surface area contributed by atoms with E-state index in [0.29, 0.717) is 0 Å². The number of hydrogen-bond acceptors (Lipinski definition) is 3. The van der Waals surface area contributed by atoms with Crippen molar-refractivity contribution >= 4 is 5.97 Å². The summed E-state index contributed by atoms with van der Waals surface area (Å²) in [6.07, 6.45) is 1.60. The third-order valence-electron chi connectivity index (χ3n) is 3.72. The van der Waals surface area contributed by atoms with E-state index in [1.165, 1.54) is 0 Å². The Morgan fingerprint density at radius 2 is 1.85 bits per heavy atom. The fraction of sp³-hybridized carbons (Fsp3) is 0.312. The second-order valence-corrected chi connectivity index (χ2v) is 5.30. The molecule has 0 aliphatic rings. The number of aliphatic carboxylic acids is 1. The molecule has 1 unspecified atom stereocenters. The van der Waals surface area contributed by atoms with Gasteiger partial charge in [-0.25, -0.2) is 0 Å². The van der Waals surface area contributed by atoms with Crippen molar-refractivity contribution in [2.45, 2.75) is 25.4 Å². The minimum absolute atomic E-state index is 0.239. The maximum absolute atomic E-state index is 11.5. The number of carboxylic acids is 1. The van der Waals surface area contributed by atoms with Crippen LogP contribution in [-0.2, 0) is 4.79 Å². The molecule has 1 atom stereocenters. The molecule has 1 aromatic carbocycles. The average Bonchev–Trinajstić information content (AvgIpc) is 2.93. The highest BCUT2D eigenvalue weighted by Crippen LogP contribution is 2.32. The molecule has 2 rings (SSSR count). The number of furan rings is 1. The summed E-state index contributed by atoms with van der Waals surface area (Å²) >= 11 is 0. The van der Waals surface area contributed by atoms with Gasteiger partial charge in [0.15, 0.2) is 0 Å². The summed E-state index contributed by atoms with van der Waals surface area (Å²) in [6, 6.07) is 13.2. The number of nitrogens with zero attached hydrogens (tertiary/aromatic N) is 1. The van der Waals surface area contributed by atoms with Gasteiger partial charge in [0.2, 0.25) is 0 Å². The van der Waals surface area contributed by atoms with Crippen molar-refractivity contribution in [1.29, 1.82) is 0 Å². The molecule has 4 heteroatoms. The zero-order valence-electron chi connectivity index (χ0n) is 11.9. The predicted molar refractivity (Wildman–Crippen MR) is 76.5 cm³/mol. The normalized spacial score (nSPS) is 13.4. The lowest BCUT2D eigenvalue weighted by Crippen LogP contribution is -2.49. The lowest BCUT2D eigenvalue weighted by atomic mass is 9.96. The molecule has 20 heavy (non-hydrogen) atoms. The highest BCUT2D eigenvalue weighted by molar-refractivity contribution is 5.77. The lowest BCUT2D eigenvalue weighted by molar-refractivity contribution is -0.149. The molecule has 1 N–H and O–H groups in total. The van der Waals surface area contributed by atoms with E-state index >= 15 is 0 Å². The minimum Gasteiger partial charge on any atom is -0.480 e. The molecule has 0 saturated heterocycles. The lowest BCUT2D eigenvalue weighted by Gasteiger charge is -2.37. The first-order chi connectivity index (χ1) is 9.44. The summed E-state index contributed by atoms with van der Waals surface area (Å²) in [5, 5.41) is 9.43. The van der Waals surface area contributed by atoms with Crippen molar-refractivity contribution in [3.8, 4) is 0 Å². The van der Waals surface area contributed by atoms with Crippen molar-refractivity contribution in [1.82, 2.24) is 4.90 Å². The Morgan fingerprint density at radius 3 is 2.35 bits per heavy atom. The summed E-state index contributed by atoms with van der Waals surface area (Å²) in [6.45, 7) is 3.38. The average molecular weight is 273 g/mol. The van der Waals surface area contributed by atoms with Gasteiger partial charge in [0.25, 0.3) is 0 Å². The molecule has 0 fully saturated rings. The molecule has 2 aromatic rings. The molecule has 0 aliphatic carbocycles. The van der Waals surface area contributed by atoms with Gasteiger partial charge < -0.3 is 9.52 Å². The van der Waals surface area contributed by atoms with Gasteiger partial charge in [0, 0.05) is 0 Å². The van der Waals surface area contributed by atoms with Crippen molar-refractivity contribution < 1.29 is 14.3 Å². The SMILES string of the molecule is CN(C(c1ccccc1)c1ccco1)C(C)(C)C(=O)O. The van der Waals surface area contributed by atoms with E-state index in [4.69, 9.17) is 4.42 Å². The summed E-state index contributed by atoms with van der Waals surface area (Å²) in [5.41, 5.74) is -0.00732. The molecular formula is C16H19NO3. The summed E-state index contributed by atoms with van der Waals surface area (Å²) in [4.78, 5) is 13.3. The number of benzene rings is 1. The third-order valence-corrected chi connectivity index (χ3v) is 3.72. The van der Waals surface area contributed by atoms with Crippen LogP contribution in [0.15, 0.2) is 53.1 Å². The van der Waals surface area contributed by atoms with Gasteiger partial charge in [0.05, 0.1) is 12.3 Å². The molecule has 1 heterocycles. The van der Waals surface area contributed by atoms with Crippen LogP contribution in [-0.4, -0.2) is 28.6 Å². The predicted octanol–water partition coefficient (Wildman–Crippen LogP) is 3.16. The van der Waals surface area contributed by atoms with Crippen molar-refractivity contribution in [3.63, 3.8) is 0 Å². The smallest absolute Gasteiger partial charge is 0.323 e. The fourth-order valence-electron chi connectivity index (χ4n) is 2.13. The van der Waals surface area contributed by atoms with E-state index in [-0.39, 0.29) is 6.04 Å². The molecule has 1 aromatic heterocycles. The molecule has 4 nitrogen and oxygen atoms in total. The molecule has 0 spiro atoms.